The average Bonchev–Trinajstić information content (AvgIpc) is 2.82. The standard InChI is InChI=1S/C24H25NO6S/c1-30-23-20(17-26)15-16-24(31-2,22(23)19-11-7-4-8-12-19)32(28,29)25-21(27)14-13-18-9-5-3-6-10-18/h3-12,15,17H,13-14,16H2,1-2H3,(H,25,27). The number of amides is 1. The van der Waals surface area contributed by atoms with Gasteiger partial charge < -0.3 is 9.47 Å². The molecule has 8 heteroatoms. The largest absolute Gasteiger partial charge is 0.496 e. The Hall–Kier alpha value is -3.23. The number of hydrogen-bond acceptors (Lipinski definition) is 6. The number of rotatable bonds is 9. The van der Waals surface area contributed by atoms with Crippen molar-refractivity contribution in [2.75, 3.05) is 14.2 Å². The Kier molecular flexibility index (Phi) is 7.27. The molecule has 32 heavy (non-hydrogen) atoms. The molecule has 2 aromatic rings. The maximum absolute atomic E-state index is 13.5. The lowest BCUT2D eigenvalue weighted by molar-refractivity contribution is -0.119. The van der Waals surface area contributed by atoms with Gasteiger partial charge in [-0.2, -0.15) is 0 Å². The minimum Gasteiger partial charge on any atom is -0.496 e. The van der Waals surface area contributed by atoms with Crippen LogP contribution in [0.5, 0.6) is 0 Å². The molecule has 7 nitrogen and oxygen atoms in total. The van der Waals surface area contributed by atoms with Crippen LogP contribution in [0.2, 0.25) is 0 Å². The Balaban J connectivity index is 1.99. The predicted octanol–water partition coefficient (Wildman–Crippen LogP) is 2.99. The number of aldehydes is 1. The summed E-state index contributed by atoms with van der Waals surface area (Å²) in [6, 6.07) is 18.0. The highest BCUT2D eigenvalue weighted by atomic mass is 32.2. The second kappa shape index (κ2) is 9.93. The fourth-order valence-corrected chi connectivity index (χ4v) is 5.33. The van der Waals surface area contributed by atoms with Crippen molar-refractivity contribution in [2.45, 2.75) is 24.2 Å². The van der Waals surface area contributed by atoms with E-state index < -0.39 is 20.9 Å². The van der Waals surface area contributed by atoms with E-state index in [2.05, 4.69) is 4.72 Å². The minimum atomic E-state index is -4.39. The Morgan fingerprint density at radius 2 is 1.69 bits per heavy atom. The van der Waals surface area contributed by atoms with Gasteiger partial charge in [-0.05, 0) is 17.5 Å². The van der Waals surface area contributed by atoms with Crippen molar-refractivity contribution in [3.05, 3.63) is 89.2 Å². The SMILES string of the molecule is COC1=C(c2ccccc2)C(OC)(S(=O)(=O)NC(=O)CCc2ccccc2)CC=C1C=O. The van der Waals surface area contributed by atoms with Crippen LogP contribution in [-0.4, -0.2) is 39.8 Å². The minimum absolute atomic E-state index is 0.0139. The molecule has 0 aromatic heterocycles. The van der Waals surface area contributed by atoms with Crippen LogP contribution in [0.4, 0.5) is 0 Å². The molecule has 3 rings (SSSR count). The first-order valence-corrected chi connectivity index (χ1v) is 11.5. The molecular formula is C24H25NO6S. The summed E-state index contributed by atoms with van der Waals surface area (Å²) in [7, 11) is -1.78. The van der Waals surface area contributed by atoms with Crippen molar-refractivity contribution >= 4 is 27.8 Å². The second-order valence-corrected chi connectivity index (χ2v) is 9.10. The van der Waals surface area contributed by atoms with E-state index in [9.17, 15) is 18.0 Å². The molecule has 1 unspecified atom stereocenters. The van der Waals surface area contributed by atoms with E-state index >= 15 is 0 Å². The Morgan fingerprint density at radius 1 is 1.06 bits per heavy atom. The van der Waals surface area contributed by atoms with Gasteiger partial charge in [0, 0.05) is 20.0 Å². The summed E-state index contributed by atoms with van der Waals surface area (Å²) in [6.45, 7) is 0. The third kappa shape index (κ3) is 4.51. The fourth-order valence-electron chi connectivity index (χ4n) is 3.76. The van der Waals surface area contributed by atoms with E-state index in [4.69, 9.17) is 9.47 Å². The van der Waals surface area contributed by atoms with Crippen molar-refractivity contribution < 1.29 is 27.5 Å². The van der Waals surface area contributed by atoms with Crippen molar-refractivity contribution in [3.63, 3.8) is 0 Å². The third-order valence-corrected chi connectivity index (χ3v) is 7.25. The molecule has 0 saturated heterocycles. The molecule has 168 valence electrons. The van der Waals surface area contributed by atoms with Gasteiger partial charge in [-0.25, -0.2) is 8.42 Å². The smallest absolute Gasteiger partial charge is 0.269 e. The molecule has 0 spiro atoms. The quantitative estimate of drug-likeness (QED) is 0.584. The van der Waals surface area contributed by atoms with E-state index in [1.807, 2.05) is 30.3 Å². The van der Waals surface area contributed by atoms with Crippen LogP contribution in [0.15, 0.2) is 78.1 Å². The summed E-state index contributed by atoms with van der Waals surface area (Å²) in [5.74, 6) is -0.566. The van der Waals surface area contributed by atoms with Gasteiger partial charge in [0.1, 0.15) is 5.76 Å². The lowest BCUT2D eigenvalue weighted by Gasteiger charge is -2.37. The van der Waals surface area contributed by atoms with Crippen LogP contribution in [-0.2, 0) is 35.5 Å². The first kappa shape index (κ1) is 23.4. The van der Waals surface area contributed by atoms with Gasteiger partial charge >= 0.3 is 0 Å². The van der Waals surface area contributed by atoms with Crippen molar-refractivity contribution in [1.82, 2.24) is 4.72 Å². The van der Waals surface area contributed by atoms with Crippen LogP contribution < -0.4 is 4.72 Å². The van der Waals surface area contributed by atoms with E-state index in [1.54, 1.807) is 30.3 Å². The topological polar surface area (TPSA) is 98.8 Å². The van der Waals surface area contributed by atoms with Gasteiger partial charge in [-0.3, -0.25) is 14.3 Å². The lowest BCUT2D eigenvalue weighted by atomic mass is 9.89. The van der Waals surface area contributed by atoms with Crippen LogP contribution in [0.3, 0.4) is 0 Å². The molecule has 0 bridgehead atoms. The molecular weight excluding hydrogens is 430 g/mol. The molecule has 0 heterocycles. The Bertz CT molecular complexity index is 1140. The second-order valence-electron chi connectivity index (χ2n) is 7.23. The number of methoxy groups -OCH3 is 2. The first-order chi connectivity index (χ1) is 15.4. The number of carbonyl (C=O) groups is 2. The van der Waals surface area contributed by atoms with Crippen molar-refractivity contribution in [3.8, 4) is 0 Å². The molecule has 0 fully saturated rings. The zero-order chi connectivity index (χ0) is 23.2. The van der Waals surface area contributed by atoms with Gasteiger partial charge in [0.15, 0.2) is 6.29 Å². The molecule has 1 atom stereocenters. The van der Waals surface area contributed by atoms with Crippen molar-refractivity contribution in [2.24, 2.45) is 0 Å². The highest BCUT2D eigenvalue weighted by molar-refractivity contribution is 7.91. The molecule has 0 saturated carbocycles. The van der Waals surface area contributed by atoms with Crippen LogP contribution >= 0.6 is 0 Å². The van der Waals surface area contributed by atoms with Gasteiger partial charge in [-0.1, -0.05) is 66.7 Å². The predicted molar refractivity (Wildman–Crippen MR) is 121 cm³/mol. The number of sulfonamides is 1. The zero-order valence-corrected chi connectivity index (χ0v) is 18.7. The number of allylic oxidation sites excluding steroid dienone is 1. The van der Waals surface area contributed by atoms with Crippen molar-refractivity contribution in [1.29, 1.82) is 0 Å². The van der Waals surface area contributed by atoms with E-state index in [-0.39, 0.29) is 29.7 Å². The molecule has 1 amide bonds. The van der Waals surface area contributed by atoms with E-state index in [0.717, 1.165) is 5.56 Å². The third-order valence-electron chi connectivity index (χ3n) is 5.35. The van der Waals surface area contributed by atoms with E-state index in [0.29, 0.717) is 18.3 Å². The summed E-state index contributed by atoms with van der Waals surface area (Å²) in [5, 5.41) is 0. The van der Waals surface area contributed by atoms with Gasteiger partial charge in [-0.15, -0.1) is 0 Å². The number of carbonyl (C=O) groups excluding carboxylic acids is 2. The van der Waals surface area contributed by atoms with Crippen LogP contribution in [0.1, 0.15) is 24.0 Å². The normalized spacial score (nSPS) is 18.6. The number of aryl methyl sites for hydroxylation is 1. The average molecular weight is 456 g/mol. The maximum Gasteiger partial charge on any atom is 0.269 e. The zero-order valence-electron chi connectivity index (χ0n) is 17.9. The first-order valence-electron chi connectivity index (χ1n) is 10.0. The number of nitrogens with one attached hydrogen (secondary N) is 1. The molecule has 1 N–H and O–H groups in total. The van der Waals surface area contributed by atoms with E-state index in [1.165, 1.54) is 20.3 Å². The van der Waals surface area contributed by atoms with Gasteiger partial charge in [0.05, 0.1) is 18.3 Å². The summed E-state index contributed by atoms with van der Waals surface area (Å²) in [4.78, 5) is 22.2. The Labute approximate surface area is 187 Å². The summed E-state index contributed by atoms with van der Waals surface area (Å²) < 4.78 is 40.3. The lowest BCUT2D eigenvalue weighted by Crippen LogP contribution is -2.51. The Morgan fingerprint density at radius 3 is 2.25 bits per heavy atom. The van der Waals surface area contributed by atoms with Gasteiger partial charge in [0.2, 0.25) is 10.8 Å². The highest BCUT2D eigenvalue weighted by Crippen LogP contribution is 2.45. The highest BCUT2D eigenvalue weighted by Gasteiger charge is 2.52. The molecule has 1 aliphatic rings. The number of hydrogen-bond donors (Lipinski definition) is 1. The summed E-state index contributed by atoms with van der Waals surface area (Å²) in [5.41, 5.74) is 1.80. The van der Waals surface area contributed by atoms with Gasteiger partial charge in [0.25, 0.3) is 10.0 Å². The maximum atomic E-state index is 13.5. The number of ether oxygens (including phenoxy) is 2. The monoisotopic (exact) mass is 455 g/mol. The summed E-state index contributed by atoms with van der Waals surface area (Å²) in [6.07, 6.45) is 2.25. The van der Waals surface area contributed by atoms with Crippen LogP contribution in [0, 0.1) is 0 Å². The molecule has 1 aliphatic carbocycles. The number of benzene rings is 2. The summed E-state index contributed by atoms with van der Waals surface area (Å²) >= 11 is 0. The molecule has 0 radical (unpaired) electrons. The molecule has 2 aromatic carbocycles. The molecule has 0 aliphatic heterocycles. The fraction of sp³-hybridized carbons (Fsp3) is 0.250. The van der Waals surface area contributed by atoms with Crippen LogP contribution in [0.25, 0.3) is 5.57 Å².